The van der Waals surface area contributed by atoms with E-state index in [1.807, 2.05) is 12.1 Å². The number of halogens is 1. The van der Waals surface area contributed by atoms with Crippen molar-refractivity contribution in [3.8, 4) is 0 Å². The summed E-state index contributed by atoms with van der Waals surface area (Å²) in [5, 5.41) is 13.9. The molecule has 0 aliphatic heterocycles. The molecule has 2 N–H and O–H groups in total. The molecular formula is C12H13ClN4O2S. The van der Waals surface area contributed by atoms with Crippen LogP contribution in [0.1, 0.15) is 24.1 Å². The lowest BCUT2D eigenvalue weighted by molar-refractivity contribution is 0.579. The molecule has 1 saturated carbocycles. The van der Waals surface area contributed by atoms with Gasteiger partial charge >= 0.3 is 0 Å². The molecule has 0 spiro atoms. The molecule has 106 valence electrons. The minimum absolute atomic E-state index is 0.425. The third-order valence-corrected chi connectivity index (χ3v) is 5.47. The fourth-order valence-corrected chi connectivity index (χ4v) is 3.34. The van der Waals surface area contributed by atoms with E-state index in [0.717, 1.165) is 5.56 Å². The van der Waals surface area contributed by atoms with Crippen molar-refractivity contribution in [1.82, 2.24) is 15.0 Å². The molecule has 6 nitrogen and oxygen atoms in total. The number of nitrogens with two attached hydrogens (primary N) is 1. The molecule has 1 fully saturated rings. The first-order valence-electron chi connectivity index (χ1n) is 6.08. The molecule has 1 aromatic carbocycles. The average Bonchev–Trinajstić information content (AvgIpc) is 3.08. The molecule has 20 heavy (non-hydrogen) atoms. The zero-order valence-corrected chi connectivity index (χ0v) is 12.1. The van der Waals surface area contributed by atoms with Gasteiger partial charge in [0.25, 0.3) is 0 Å². The third kappa shape index (κ3) is 2.32. The number of sulfonamides is 1. The van der Waals surface area contributed by atoms with Crippen LogP contribution in [0, 0.1) is 0 Å². The van der Waals surface area contributed by atoms with Crippen LogP contribution in [0.3, 0.4) is 0 Å². The van der Waals surface area contributed by atoms with Gasteiger partial charge in [0.1, 0.15) is 10.4 Å². The van der Waals surface area contributed by atoms with Crippen LogP contribution >= 0.6 is 11.6 Å². The second kappa shape index (κ2) is 4.54. The number of nitrogens with zero attached hydrogens (tertiary/aromatic N) is 3. The Hall–Kier alpha value is -1.44. The molecule has 1 heterocycles. The number of benzene rings is 1. The zero-order valence-electron chi connectivity index (χ0n) is 10.5. The van der Waals surface area contributed by atoms with E-state index in [0.29, 0.717) is 30.1 Å². The van der Waals surface area contributed by atoms with Gasteiger partial charge in [0.2, 0.25) is 10.0 Å². The van der Waals surface area contributed by atoms with Crippen molar-refractivity contribution in [1.29, 1.82) is 0 Å². The van der Waals surface area contributed by atoms with Gasteiger partial charge in [-0.3, -0.25) is 0 Å². The molecule has 1 aromatic heterocycles. The molecular weight excluding hydrogens is 300 g/mol. The molecule has 0 saturated heterocycles. The normalized spacial score (nSPS) is 17.1. The standard InChI is InChI=1S/C12H13ClN4O2S/c13-10-3-1-9(2-4-10)7-17-8-11(15-16-17)12(5-6-12)20(14,18)19/h1-4,8H,5-7H2,(H2,14,18,19). The lowest BCUT2D eigenvalue weighted by atomic mass is 10.2. The minimum Gasteiger partial charge on any atom is -0.248 e. The Labute approximate surface area is 121 Å². The number of hydrogen-bond donors (Lipinski definition) is 1. The van der Waals surface area contributed by atoms with E-state index in [-0.39, 0.29) is 0 Å². The van der Waals surface area contributed by atoms with Crippen molar-refractivity contribution in [2.75, 3.05) is 0 Å². The van der Waals surface area contributed by atoms with E-state index in [4.69, 9.17) is 16.7 Å². The molecule has 0 unspecified atom stereocenters. The highest BCUT2D eigenvalue weighted by Crippen LogP contribution is 2.50. The van der Waals surface area contributed by atoms with Gasteiger partial charge in [-0.05, 0) is 30.5 Å². The summed E-state index contributed by atoms with van der Waals surface area (Å²) in [6.07, 6.45) is 2.66. The molecule has 0 bridgehead atoms. The summed E-state index contributed by atoms with van der Waals surface area (Å²) in [5.74, 6) is 0. The van der Waals surface area contributed by atoms with Gasteiger partial charge in [-0.25, -0.2) is 18.2 Å². The number of aromatic nitrogens is 3. The van der Waals surface area contributed by atoms with E-state index in [2.05, 4.69) is 10.3 Å². The Morgan fingerprint density at radius 1 is 1.30 bits per heavy atom. The van der Waals surface area contributed by atoms with Gasteiger partial charge in [0.05, 0.1) is 12.7 Å². The van der Waals surface area contributed by atoms with Crippen LogP contribution < -0.4 is 5.14 Å². The molecule has 0 atom stereocenters. The minimum atomic E-state index is -3.64. The number of hydrogen-bond acceptors (Lipinski definition) is 4. The van der Waals surface area contributed by atoms with Crippen molar-refractivity contribution in [3.05, 3.63) is 46.7 Å². The first-order chi connectivity index (χ1) is 9.41. The fraction of sp³-hybridized carbons (Fsp3) is 0.333. The van der Waals surface area contributed by atoms with E-state index in [9.17, 15) is 8.42 Å². The SMILES string of the molecule is NS(=O)(=O)C1(c2cn(Cc3ccc(Cl)cc3)nn2)CC1. The monoisotopic (exact) mass is 312 g/mol. The topological polar surface area (TPSA) is 90.9 Å². The summed E-state index contributed by atoms with van der Waals surface area (Å²) < 4.78 is 23.8. The Kier molecular flexibility index (Phi) is 3.07. The molecule has 2 aromatic rings. The fourth-order valence-electron chi connectivity index (χ4n) is 2.16. The highest BCUT2D eigenvalue weighted by atomic mass is 35.5. The van der Waals surface area contributed by atoms with E-state index >= 15 is 0 Å². The van der Waals surface area contributed by atoms with Crippen molar-refractivity contribution in [2.24, 2.45) is 5.14 Å². The quantitative estimate of drug-likeness (QED) is 0.920. The van der Waals surface area contributed by atoms with Gasteiger partial charge in [-0.2, -0.15) is 0 Å². The lowest BCUT2D eigenvalue weighted by Crippen LogP contribution is -2.28. The van der Waals surface area contributed by atoms with Gasteiger partial charge in [-0.15, -0.1) is 5.10 Å². The van der Waals surface area contributed by atoms with Gasteiger partial charge in [0.15, 0.2) is 0 Å². The van der Waals surface area contributed by atoms with E-state index < -0.39 is 14.8 Å². The summed E-state index contributed by atoms with van der Waals surface area (Å²) in [4.78, 5) is 0. The largest absolute Gasteiger partial charge is 0.248 e. The summed E-state index contributed by atoms with van der Waals surface area (Å²) in [6, 6.07) is 7.36. The smallest absolute Gasteiger partial charge is 0.220 e. The van der Waals surface area contributed by atoms with Crippen molar-refractivity contribution >= 4 is 21.6 Å². The summed E-state index contributed by atoms with van der Waals surface area (Å²) >= 11 is 5.82. The van der Waals surface area contributed by atoms with Gasteiger partial charge in [-0.1, -0.05) is 28.9 Å². The van der Waals surface area contributed by atoms with Crippen LogP contribution in [0.2, 0.25) is 5.02 Å². The third-order valence-electron chi connectivity index (χ3n) is 3.51. The second-order valence-corrected chi connectivity index (χ2v) is 7.28. The first-order valence-corrected chi connectivity index (χ1v) is 8.01. The summed E-state index contributed by atoms with van der Waals surface area (Å²) in [5.41, 5.74) is 1.43. The van der Waals surface area contributed by atoms with Crippen molar-refractivity contribution in [3.63, 3.8) is 0 Å². The second-order valence-electron chi connectivity index (χ2n) is 4.97. The first kappa shape index (κ1) is 13.5. The maximum Gasteiger partial charge on any atom is 0.220 e. The van der Waals surface area contributed by atoms with Crippen LogP contribution in [0.4, 0.5) is 0 Å². The van der Waals surface area contributed by atoms with Crippen LogP contribution in [-0.4, -0.2) is 23.4 Å². The van der Waals surface area contributed by atoms with Crippen LogP contribution in [0.25, 0.3) is 0 Å². The molecule has 0 radical (unpaired) electrons. The molecule has 8 heteroatoms. The van der Waals surface area contributed by atoms with E-state index in [1.165, 1.54) is 0 Å². The highest BCUT2D eigenvalue weighted by Gasteiger charge is 2.56. The van der Waals surface area contributed by atoms with Gasteiger partial charge < -0.3 is 0 Å². The molecule has 1 aliphatic rings. The lowest BCUT2D eigenvalue weighted by Gasteiger charge is -2.07. The van der Waals surface area contributed by atoms with Crippen molar-refractivity contribution < 1.29 is 8.42 Å². The van der Waals surface area contributed by atoms with Crippen LogP contribution in [-0.2, 0) is 21.3 Å². The average molecular weight is 313 g/mol. The van der Waals surface area contributed by atoms with E-state index in [1.54, 1.807) is 23.0 Å². The summed E-state index contributed by atoms with van der Waals surface area (Å²) in [7, 11) is -3.64. The Bertz CT molecular complexity index is 735. The molecule has 0 amide bonds. The maximum absolute atomic E-state index is 11.6. The molecule has 3 rings (SSSR count). The maximum atomic E-state index is 11.6. The number of rotatable bonds is 4. The van der Waals surface area contributed by atoms with Crippen LogP contribution in [0.15, 0.2) is 30.5 Å². The molecule has 1 aliphatic carbocycles. The number of primary sulfonamides is 1. The van der Waals surface area contributed by atoms with Gasteiger partial charge in [0, 0.05) is 5.02 Å². The Morgan fingerprint density at radius 3 is 2.50 bits per heavy atom. The predicted octanol–water partition coefficient (Wildman–Crippen LogP) is 1.26. The zero-order chi connectivity index (χ0) is 14.4. The Morgan fingerprint density at radius 2 is 1.95 bits per heavy atom. The highest BCUT2D eigenvalue weighted by molar-refractivity contribution is 7.90. The van der Waals surface area contributed by atoms with Crippen molar-refractivity contribution in [2.45, 2.75) is 24.1 Å². The predicted molar refractivity (Wildman–Crippen MR) is 74.6 cm³/mol. The Balaban J connectivity index is 1.83. The van der Waals surface area contributed by atoms with Crippen LogP contribution in [0.5, 0.6) is 0 Å². The summed E-state index contributed by atoms with van der Waals surface area (Å²) in [6.45, 7) is 0.505.